The van der Waals surface area contributed by atoms with Crippen LogP contribution in [-0.4, -0.2) is 6.61 Å². The van der Waals surface area contributed by atoms with E-state index in [4.69, 9.17) is 10.5 Å². The molecule has 0 bridgehead atoms. The number of halogens is 1. The number of pyridine rings is 1. The number of anilines is 1. The lowest BCUT2D eigenvalue weighted by molar-refractivity contribution is -0.632. The molecule has 3 aromatic carbocycles. The van der Waals surface area contributed by atoms with Gasteiger partial charge < -0.3 is 22.9 Å². The van der Waals surface area contributed by atoms with Crippen LogP contribution in [0.25, 0.3) is 32.9 Å². The highest BCUT2D eigenvalue weighted by Gasteiger charge is 2.20. The highest BCUT2D eigenvalue weighted by Crippen LogP contribution is 2.33. The smallest absolute Gasteiger partial charge is 0.220 e. The number of ether oxygens (including phenoxy) is 1. The molecule has 0 atom stereocenters. The molecule has 0 unspecified atom stereocenters. The molecule has 4 rings (SSSR count). The fourth-order valence-corrected chi connectivity index (χ4v) is 3.50. The van der Waals surface area contributed by atoms with Gasteiger partial charge in [-0.3, -0.25) is 0 Å². The van der Waals surface area contributed by atoms with Gasteiger partial charge in [-0.1, -0.05) is 12.1 Å². The van der Waals surface area contributed by atoms with E-state index in [-0.39, 0.29) is 12.4 Å². The fraction of sp³-hybridized carbons (Fsp3) is 0.136. The average Bonchev–Trinajstić information content (AvgIpc) is 2.64. The van der Waals surface area contributed by atoms with Crippen molar-refractivity contribution in [2.75, 3.05) is 12.3 Å². The Labute approximate surface area is 159 Å². The van der Waals surface area contributed by atoms with Crippen LogP contribution in [0, 0.1) is 0 Å². The van der Waals surface area contributed by atoms with E-state index in [0.717, 1.165) is 22.7 Å². The Balaban J connectivity index is 0.00000196. The molecule has 0 radical (unpaired) electrons. The monoisotopic (exact) mass is 364 g/mol. The van der Waals surface area contributed by atoms with Crippen LogP contribution in [0.4, 0.5) is 5.69 Å². The molecule has 0 spiro atoms. The Bertz CT molecular complexity index is 1070. The molecule has 3 nitrogen and oxygen atoms in total. The van der Waals surface area contributed by atoms with Crippen LogP contribution >= 0.6 is 0 Å². The van der Waals surface area contributed by atoms with Crippen LogP contribution in [0.15, 0.2) is 66.7 Å². The van der Waals surface area contributed by atoms with E-state index in [1.165, 1.54) is 21.7 Å². The molecule has 0 aliphatic carbocycles. The maximum Gasteiger partial charge on any atom is 0.220 e. The molecule has 0 saturated carbocycles. The third-order valence-electron chi connectivity index (χ3n) is 4.63. The molecule has 1 aromatic heterocycles. The number of benzene rings is 3. The van der Waals surface area contributed by atoms with Crippen molar-refractivity contribution in [2.24, 2.45) is 7.05 Å². The van der Waals surface area contributed by atoms with Crippen LogP contribution in [0.2, 0.25) is 0 Å². The summed E-state index contributed by atoms with van der Waals surface area (Å²) in [4.78, 5) is 0. The summed E-state index contributed by atoms with van der Waals surface area (Å²) < 4.78 is 8.00. The number of fused-ring (bicyclic) bond motifs is 3. The number of rotatable bonds is 3. The number of hydrogen-bond donors (Lipinski definition) is 1. The summed E-state index contributed by atoms with van der Waals surface area (Å²) in [7, 11) is 2.11. The van der Waals surface area contributed by atoms with Gasteiger partial charge >= 0.3 is 0 Å². The van der Waals surface area contributed by atoms with E-state index in [0.29, 0.717) is 6.61 Å². The van der Waals surface area contributed by atoms with Gasteiger partial charge in [0.25, 0.3) is 0 Å². The van der Waals surface area contributed by atoms with Gasteiger partial charge in [0.05, 0.1) is 17.4 Å². The topological polar surface area (TPSA) is 39.1 Å². The summed E-state index contributed by atoms with van der Waals surface area (Å²) >= 11 is 0. The van der Waals surface area contributed by atoms with Gasteiger partial charge in [0.2, 0.25) is 11.2 Å². The van der Waals surface area contributed by atoms with Crippen molar-refractivity contribution in [1.29, 1.82) is 0 Å². The number of para-hydroxylation sites is 1. The molecule has 26 heavy (non-hydrogen) atoms. The minimum atomic E-state index is 0. The molecule has 0 aliphatic heterocycles. The van der Waals surface area contributed by atoms with Gasteiger partial charge in [0, 0.05) is 22.7 Å². The zero-order valence-electron chi connectivity index (χ0n) is 14.9. The Morgan fingerprint density at radius 1 is 0.885 bits per heavy atom. The van der Waals surface area contributed by atoms with Gasteiger partial charge in [-0.15, -0.1) is 0 Å². The van der Waals surface area contributed by atoms with Gasteiger partial charge in [0.15, 0.2) is 0 Å². The second-order valence-electron chi connectivity index (χ2n) is 6.19. The Morgan fingerprint density at radius 2 is 1.62 bits per heavy atom. The number of nitrogens with zero attached hydrogens (tertiary/aromatic N) is 1. The van der Waals surface area contributed by atoms with Crippen molar-refractivity contribution < 1.29 is 21.7 Å². The van der Waals surface area contributed by atoms with E-state index in [1.54, 1.807) is 0 Å². The van der Waals surface area contributed by atoms with Crippen LogP contribution in [0.1, 0.15) is 6.92 Å². The number of nitrogen functional groups attached to an aromatic ring is 1. The highest BCUT2D eigenvalue weighted by molar-refractivity contribution is 6.09. The lowest BCUT2D eigenvalue weighted by Crippen LogP contribution is -3.00. The van der Waals surface area contributed by atoms with Crippen molar-refractivity contribution in [1.82, 2.24) is 0 Å². The van der Waals surface area contributed by atoms with Crippen LogP contribution in [0.5, 0.6) is 5.75 Å². The molecular weight excluding hydrogens is 344 g/mol. The van der Waals surface area contributed by atoms with Gasteiger partial charge in [-0.05, 0) is 55.5 Å². The Hall–Kier alpha value is -2.78. The number of hydrogen-bond acceptors (Lipinski definition) is 2. The van der Waals surface area contributed by atoms with Crippen LogP contribution < -0.4 is 27.4 Å². The molecule has 2 N–H and O–H groups in total. The summed E-state index contributed by atoms with van der Waals surface area (Å²) in [5.41, 5.74) is 10.2. The van der Waals surface area contributed by atoms with Gasteiger partial charge in [-0.25, -0.2) is 0 Å². The van der Waals surface area contributed by atoms with Gasteiger partial charge in [0.1, 0.15) is 12.8 Å². The van der Waals surface area contributed by atoms with Crippen molar-refractivity contribution in [3.05, 3.63) is 66.7 Å². The fourth-order valence-electron chi connectivity index (χ4n) is 3.50. The summed E-state index contributed by atoms with van der Waals surface area (Å²) in [5, 5.41) is 3.64. The second kappa shape index (κ2) is 7.22. The maximum atomic E-state index is 5.88. The molecule has 0 amide bonds. The third kappa shape index (κ3) is 2.95. The van der Waals surface area contributed by atoms with Crippen molar-refractivity contribution in [2.45, 2.75) is 6.92 Å². The minimum absolute atomic E-state index is 0. The Kier molecular flexibility index (Phi) is 5.01. The molecule has 4 heteroatoms. The first-order valence-electron chi connectivity index (χ1n) is 8.52. The van der Waals surface area contributed by atoms with Crippen molar-refractivity contribution >= 4 is 27.4 Å². The molecule has 1 heterocycles. The van der Waals surface area contributed by atoms with E-state index in [9.17, 15) is 0 Å². The predicted octanol–water partition coefficient (Wildman–Crippen LogP) is 1.47. The lowest BCUT2D eigenvalue weighted by Gasteiger charge is -2.11. The zero-order chi connectivity index (χ0) is 17.4. The van der Waals surface area contributed by atoms with E-state index >= 15 is 0 Å². The molecule has 4 aromatic rings. The summed E-state index contributed by atoms with van der Waals surface area (Å²) in [5.74, 6) is 0.891. The first-order chi connectivity index (χ1) is 12.2. The standard InChI is InChI=1S/C22H20N2O.ClH/c1-3-25-17-12-13-18-19-6-4-5-7-21(19)24(2)22(20(18)14-17)15-8-10-16(23)11-9-15;/h4-14,23H,3H2,1-2H3;1H. The zero-order valence-corrected chi connectivity index (χ0v) is 15.6. The number of aromatic nitrogens is 1. The normalized spacial score (nSPS) is 10.7. The van der Waals surface area contributed by atoms with Crippen LogP contribution in [-0.2, 0) is 7.05 Å². The molecule has 132 valence electrons. The van der Waals surface area contributed by atoms with Gasteiger partial charge in [-0.2, -0.15) is 4.57 Å². The SMILES string of the molecule is CCOc1ccc2c(c1)c(-c1ccc(N)cc1)[n+](C)c1ccccc21.[Cl-]. The summed E-state index contributed by atoms with van der Waals surface area (Å²) in [6.45, 7) is 2.66. The first-order valence-corrected chi connectivity index (χ1v) is 8.52. The third-order valence-corrected chi connectivity index (χ3v) is 4.63. The minimum Gasteiger partial charge on any atom is -1.00 e. The largest absolute Gasteiger partial charge is 1.00 e. The van der Waals surface area contributed by atoms with E-state index in [1.807, 2.05) is 25.1 Å². The molecule has 0 saturated heterocycles. The molecular formula is C22H21ClN2O. The van der Waals surface area contributed by atoms with Crippen LogP contribution in [0.3, 0.4) is 0 Å². The molecule has 0 fully saturated rings. The maximum absolute atomic E-state index is 5.88. The average molecular weight is 365 g/mol. The summed E-state index contributed by atoms with van der Waals surface area (Å²) in [6.07, 6.45) is 0. The number of aryl methyl sites for hydroxylation is 1. The Morgan fingerprint density at radius 3 is 2.35 bits per heavy atom. The second-order valence-corrected chi connectivity index (χ2v) is 6.19. The van der Waals surface area contributed by atoms with Crippen molar-refractivity contribution in [3.8, 4) is 17.0 Å². The summed E-state index contributed by atoms with van der Waals surface area (Å²) in [6, 6.07) is 22.9. The first kappa shape index (κ1) is 18.0. The van der Waals surface area contributed by atoms with Crippen molar-refractivity contribution in [3.63, 3.8) is 0 Å². The molecule has 0 aliphatic rings. The number of nitrogens with two attached hydrogens (primary N) is 1. The van der Waals surface area contributed by atoms with E-state index < -0.39 is 0 Å². The van der Waals surface area contributed by atoms with E-state index in [2.05, 4.69) is 60.1 Å². The predicted molar refractivity (Wildman–Crippen MR) is 104 cm³/mol. The lowest BCUT2D eigenvalue weighted by atomic mass is 9.99. The highest BCUT2D eigenvalue weighted by atomic mass is 35.5. The quantitative estimate of drug-likeness (QED) is 0.340.